The minimum Gasteiger partial charge on any atom is -0.383 e. The van der Waals surface area contributed by atoms with Crippen molar-refractivity contribution >= 4 is 52.9 Å². The normalized spacial score (nSPS) is 13.3. The Morgan fingerprint density at radius 2 is 2.15 bits per heavy atom. The van der Waals surface area contributed by atoms with Crippen molar-refractivity contribution in [3.63, 3.8) is 0 Å². The van der Waals surface area contributed by atoms with Gasteiger partial charge in [0.15, 0.2) is 5.96 Å². The average Bonchev–Trinajstić information content (AvgIpc) is 3.14. The van der Waals surface area contributed by atoms with Gasteiger partial charge in [0.1, 0.15) is 12.1 Å². The van der Waals surface area contributed by atoms with E-state index in [9.17, 15) is 9.90 Å². The third-order valence-corrected chi connectivity index (χ3v) is 4.45. The van der Waals surface area contributed by atoms with E-state index >= 15 is 0 Å². The molecule has 2 rings (SSSR count). The summed E-state index contributed by atoms with van der Waals surface area (Å²) in [5.74, 6) is 0.232. The molecule has 0 aliphatic carbocycles. The highest BCUT2D eigenvalue weighted by Gasteiger charge is 2.24. The van der Waals surface area contributed by atoms with Crippen LogP contribution in [-0.4, -0.2) is 41.6 Å². The van der Waals surface area contributed by atoms with Gasteiger partial charge < -0.3 is 21.1 Å². The summed E-state index contributed by atoms with van der Waals surface area (Å²) in [4.78, 5) is 21.0. The molecule has 0 radical (unpaired) electrons. The average molecular weight is 489 g/mol. The molecule has 0 fully saturated rings. The van der Waals surface area contributed by atoms with Crippen LogP contribution in [0, 0.1) is 0 Å². The van der Waals surface area contributed by atoms with E-state index in [4.69, 9.17) is 0 Å². The number of guanidine groups is 1. The number of halogens is 1. The van der Waals surface area contributed by atoms with Gasteiger partial charge in [0.25, 0.3) is 0 Å². The molecular formula is C17H24IN5O2S. The van der Waals surface area contributed by atoms with Crippen molar-refractivity contribution in [2.75, 3.05) is 25.0 Å². The van der Waals surface area contributed by atoms with E-state index in [2.05, 4.69) is 25.9 Å². The number of pyridine rings is 1. The zero-order valence-electron chi connectivity index (χ0n) is 14.7. The molecule has 0 aliphatic rings. The van der Waals surface area contributed by atoms with E-state index in [1.807, 2.05) is 24.4 Å². The summed E-state index contributed by atoms with van der Waals surface area (Å²) in [7, 11) is 0. The summed E-state index contributed by atoms with van der Waals surface area (Å²) in [6, 6.07) is 7.29. The summed E-state index contributed by atoms with van der Waals surface area (Å²) in [5.41, 5.74) is -0.385. The van der Waals surface area contributed by atoms with E-state index in [0.717, 1.165) is 4.88 Å². The van der Waals surface area contributed by atoms with Crippen molar-refractivity contribution < 1.29 is 9.90 Å². The second kappa shape index (κ2) is 11.1. The van der Waals surface area contributed by atoms with Gasteiger partial charge >= 0.3 is 0 Å². The molecule has 0 saturated carbocycles. The molecule has 1 unspecified atom stereocenters. The van der Waals surface area contributed by atoms with E-state index in [0.29, 0.717) is 18.2 Å². The maximum absolute atomic E-state index is 12.0. The highest BCUT2D eigenvalue weighted by Crippen LogP contribution is 2.24. The molecule has 2 heterocycles. The van der Waals surface area contributed by atoms with Crippen LogP contribution >= 0.6 is 35.3 Å². The Bertz CT molecular complexity index is 692. The summed E-state index contributed by atoms with van der Waals surface area (Å²) >= 11 is 1.49. The van der Waals surface area contributed by atoms with Gasteiger partial charge in [-0.05, 0) is 37.4 Å². The maximum atomic E-state index is 12.0. The van der Waals surface area contributed by atoms with Gasteiger partial charge in [-0.15, -0.1) is 35.3 Å². The maximum Gasteiger partial charge on any atom is 0.246 e. The van der Waals surface area contributed by atoms with Crippen molar-refractivity contribution in [3.8, 4) is 0 Å². The number of carbonyl (C=O) groups is 1. The lowest BCUT2D eigenvalue weighted by atomic mass is 10.1. The summed E-state index contributed by atoms with van der Waals surface area (Å²) in [6.07, 6.45) is 3.21. The van der Waals surface area contributed by atoms with E-state index in [1.54, 1.807) is 31.5 Å². The van der Waals surface area contributed by atoms with Gasteiger partial charge in [0.05, 0.1) is 18.4 Å². The smallest absolute Gasteiger partial charge is 0.246 e. The number of aliphatic imine (C=N–C) groups is 1. The van der Waals surface area contributed by atoms with Crippen LogP contribution in [-0.2, 0) is 10.4 Å². The van der Waals surface area contributed by atoms with Crippen molar-refractivity contribution in [1.82, 2.24) is 15.6 Å². The zero-order valence-corrected chi connectivity index (χ0v) is 17.9. The number of thiophene rings is 1. The number of aliphatic hydroxyl groups is 1. The number of nitrogens with zero attached hydrogens (tertiary/aromatic N) is 2. The Morgan fingerprint density at radius 1 is 1.35 bits per heavy atom. The van der Waals surface area contributed by atoms with Gasteiger partial charge in [-0.25, -0.2) is 4.99 Å². The Kier molecular flexibility index (Phi) is 9.52. The predicted octanol–water partition coefficient (Wildman–Crippen LogP) is 2.16. The van der Waals surface area contributed by atoms with Crippen LogP contribution in [0.2, 0.25) is 0 Å². The van der Waals surface area contributed by atoms with Gasteiger partial charge in [-0.2, -0.15) is 0 Å². The number of amides is 1. The Morgan fingerprint density at radius 3 is 2.77 bits per heavy atom. The third-order valence-electron chi connectivity index (χ3n) is 3.32. The number of rotatable bonds is 7. The fourth-order valence-corrected chi connectivity index (χ4v) is 2.84. The third kappa shape index (κ3) is 7.26. The zero-order chi connectivity index (χ0) is 18.1. The molecule has 0 bridgehead atoms. The monoisotopic (exact) mass is 489 g/mol. The molecule has 142 valence electrons. The highest BCUT2D eigenvalue weighted by atomic mass is 127. The molecule has 2 aromatic heterocycles. The second-order valence-electron chi connectivity index (χ2n) is 5.59. The van der Waals surface area contributed by atoms with Gasteiger partial charge in [0.2, 0.25) is 5.91 Å². The van der Waals surface area contributed by atoms with E-state index in [1.165, 1.54) is 11.3 Å². The molecule has 0 spiro atoms. The number of anilines is 1. The topological polar surface area (TPSA) is 98.6 Å². The van der Waals surface area contributed by atoms with Crippen LogP contribution in [0.3, 0.4) is 0 Å². The minimum absolute atomic E-state index is 0. The van der Waals surface area contributed by atoms with Crippen LogP contribution in [0.4, 0.5) is 5.69 Å². The van der Waals surface area contributed by atoms with E-state index < -0.39 is 5.60 Å². The summed E-state index contributed by atoms with van der Waals surface area (Å²) in [6.45, 7) is 4.57. The predicted molar refractivity (Wildman–Crippen MR) is 116 cm³/mol. The lowest BCUT2D eigenvalue weighted by molar-refractivity contribution is -0.114. The first kappa shape index (κ1) is 22.3. The number of hydrogen-bond donors (Lipinski definition) is 4. The Balaban J connectivity index is 0.00000338. The first-order chi connectivity index (χ1) is 12.0. The van der Waals surface area contributed by atoms with Crippen molar-refractivity contribution in [2.24, 2.45) is 4.99 Å². The molecule has 26 heavy (non-hydrogen) atoms. The second-order valence-corrected chi connectivity index (χ2v) is 6.54. The fraction of sp³-hybridized carbons (Fsp3) is 0.353. The largest absolute Gasteiger partial charge is 0.383 e. The highest BCUT2D eigenvalue weighted by molar-refractivity contribution is 14.0. The van der Waals surface area contributed by atoms with E-state index in [-0.39, 0.29) is 43.0 Å². The Labute approximate surface area is 174 Å². The summed E-state index contributed by atoms with van der Waals surface area (Å²) in [5, 5.41) is 21.3. The molecule has 1 amide bonds. The molecule has 1 atom stereocenters. The van der Waals surface area contributed by atoms with Crippen LogP contribution in [0.1, 0.15) is 18.7 Å². The molecule has 9 heteroatoms. The number of carbonyl (C=O) groups excluding carboxylic acids is 1. The first-order valence-electron chi connectivity index (χ1n) is 7.99. The van der Waals surface area contributed by atoms with Crippen LogP contribution in [0.15, 0.2) is 47.0 Å². The SMILES string of the molecule is CCNC(=NCC(=O)Nc1cccnc1)NCC(C)(O)c1cccs1.I. The molecule has 7 nitrogen and oxygen atoms in total. The van der Waals surface area contributed by atoms with Gasteiger partial charge in [0, 0.05) is 17.6 Å². The van der Waals surface area contributed by atoms with Crippen molar-refractivity contribution in [1.29, 1.82) is 0 Å². The molecule has 4 N–H and O–H groups in total. The van der Waals surface area contributed by atoms with Crippen LogP contribution in [0.25, 0.3) is 0 Å². The van der Waals surface area contributed by atoms with Crippen molar-refractivity contribution in [2.45, 2.75) is 19.4 Å². The lowest BCUT2D eigenvalue weighted by Crippen LogP contribution is -2.44. The molecule has 0 saturated heterocycles. The first-order valence-corrected chi connectivity index (χ1v) is 8.87. The quantitative estimate of drug-likeness (QED) is 0.272. The molecule has 0 aliphatic heterocycles. The summed E-state index contributed by atoms with van der Waals surface area (Å²) < 4.78 is 0. The molecule has 2 aromatic rings. The number of hydrogen-bond acceptors (Lipinski definition) is 5. The van der Waals surface area contributed by atoms with Gasteiger partial charge in [-0.3, -0.25) is 9.78 Å². The molecule has 0 aromatic carbocycles. The Hall–Kier alpha value is -1.72. The van der Waals surface area contributed by atoms with Gasteiger partial charge in [-0.1, -0.05) is 6.07 Å². The standard InChI is InChI=1S/C17H23N5O2S.HI/c1-3-19-16(21-12-17(2,24)14-7-5-9-25-14)20-11-15(23)22-13-6-4-8-18-10-13;/h4-10,24H,3,11-12H2,1-2H3,(H,22,23)(H2,19,20,21);1H. The fourth-order valence-electron chi connectivity index (χ4n) is 2.06. The van der Waals surface area contributed by atoms with Crippen molar-refractivity contribution in [3.05, 3.63) is 46.9 Å². The minimum atomic E-state index is -1.01. The number of nitrogens with one attached hydrogen (secondary N) is 3. The number of aromatic nitrogens is 1. The van der Waals surface area contributed by atoms with Crippen LogP contribution < -0.4 is 16.0 Å². The van der Waals surface area contributed by atoms with Crippen LogP contribution in [0.5, 0.6) is 0 Å². The molecular weight excluding hydrogens is 465 g/mol. The lowest BCUT2D eigenvalue weighted by Gasteiger charge is -2.23.